The number of hydrogen-bond acceptors (Lipinski definition) is 6. The van der Waals surface area contributed by atoms with Crippen molar-refractivity contribution in [3.8, 4) is 0 Å². The summed E-state index contributed by atoms with van der Waals surface area (Å²) < 4.78 is 2.12. The number of aromatic nitrogens is 5. The van der Waals surface area contributed by atoms with Crippen LogP contribution in [0, 0.1) is 6.92 Å². The Morgan fingerprint density at radius 2 is 2.17 bits per heavy atom. The van der Waals surface area contributed by atoms with Crippen LogP contribution >= 0.6 is 11.3 Å². The van der Waals surface area contributed by atoms with Gasteiger partial charge < -0.3 is 9.88 Å². The van der Waals surface area contributed by atoms with E-state index in [1.54, 1.807) is 6.33 Å². The molecule has 0 saturated heterocycles. The summed E-state index contributed by atoms with van der Waals surface area (Å²) in [5.41, 5.74) is 1.46. The second-order valence-electron chi connectivity index (χ2n) is 6.58. The van der Waals surface area contributed by atoms with E-state index >= 15 is 0 Å². The van der Waals surface area contributed by atoms with Gasteiger partial charge in [-0.05, 0) is 45.6 Å². The fourth-order valence-electron chi connectivity index (χ4n) is 3.40. The fraction of sp³-hybridized carbons (Fsp3) is 0.529. The number of anilines is 1. The molecule has 0 spiro atoms. The van der Waals surface area contributed by atoms with Gasteiger partial charge in [0.15, 0.2) is 0 Å². The highest BCUT2D eigenvalue weighted by molar-refractivity contribution is 7.19. The first-order chi connectivity index (χ1) is 11.6. The largest absolute Gasteiger partial charge is 0.369 e. The SMILES string of the molecule is Cc1nc(NCCc2nncn2C(C)C)c2c3c(sc2n1)CCC3. The Bertz CT molecular complexity index is 879. The molecule has 1 aliphatic carbocycles. The quantitative estimate of drug-likeness (QED) is 0.770. The van der Waals surface area contributed by atoms with Crippen molar-refractivity contribution in [2.45, 2.75) is 52.5 Å². The van der Waals surface area contributed by atoms with Crippen molar-refractivity contribution < 1.29 is 0 Å². The molecule has 3 aromatic heterocycles. The standard InChI is InChI=1S/C17H22N6S/c1-10(2)23-9-19-22-14(23)7-8-18-16-15-12-5-4-6-13(12)24-17(15)21-11(3)20-16/h9-10H,4-8H2,1-3H3,(H,18,20,21). The van der Waals surface area contributed by atoms with E-state index in [-0.39, 0.29) is 0 Å². The van der Waals surface area contributed by atoms with Crippen molar-refractivity contribution in [2.24, 2.45) is 0 Å². The van der Waals surface area contributed by atoms with Crippen LogP contribution in [0.15, 0.2) is 6.33 Å². The lowest BCUT2D eigenvalue weighted by Gasteiger charge is -2.11. The molecule has 24 heavy (non-hydrogen) atoms. The van der Waals surface area contributed by atoms with Crippen LogP contribution in [0.3, 0.4) is 0 Å². The van der Waals surface area contributed by atoms with Crippen LogP contribution in [0.4, 0.5) is 5.82 Å². The number of rotatable bonds is 5. The summed E-state index contributed by atoms with van der Waals surface area (Å²) in [6.45, 7) is 7.05. The molecule has 126 valence electrons. The lowest BCUT2D eigenvalue weighted by atomic mass is 10.2. The van der Waals surface area contributed by atoms with E-state index in [2.05, 4.69) is 43.9 Å². The minimum atomic E-state index is 0.378. The molecule has 0 aliphatic heterocycles. The summed E-state index contributed by atoms with van der Waals surface area (Å²) in [7, 11) is 0. The zero-order chi connectivity index (χ0) is 16.7. The van der Waals surface area contributed by atoms with E-state index in [0.29, 0.717) is 6.04 Å². The molecule has 1 N–H and O–H groups in total. The maximum Gasteiger partial charge on any atom is 0.138 e. The number of nitrogens with zero attached hydrogens (tertiary/aromatic N) is 5. The first-order valence-electron chi connectivity index (χ1n) is 8.54. The van der Waals surface area contributed by atoms with Crippen molar-refractivity contribution >= 4 is 27.4 Å². The van der Waals surface area contributed by atoms with Crippen molar-refractivity contribution in [3.63, 3.8) is 0 Å². The van der Waals surface area contributed by atoms with Crippen molar-refractivity contribution in [1.82, 2.24) is 24.7 Å². The number of hydrogen-bond donors (Lipinski definition) is 1. The monoisotopic (exact) mass is 342 g/mol. The number of aryl methyl sites for hydroxylation is 3. The van der Waals surface area contributed by atoms with Crippen LogP contribution in [0.2, 0.25) is 0 Å². The van der Waals surface area contributed by atoms with Gasteiger partial charge in [-0.1, -0.05) is 0 Å². The third-order valence-corrected chi connectivity index (χ3v) is 5.71. The maximum atomic E-state index is 4.67. The highest BCUT2D eigenvalue weighted by Gasteiger charge is 2.21. The van der Waals surface area contributed by atoms with Crippen LogP contribution in [0.1, 0.15) is 48.4 Å². The Kier molecular flexibility index (Phi) is 3.96. The normalized spacial score (nSPS) is 13.8. The van der Waals surface area contributed by atoms with E-state index in [9.17, 15) is 0 Å². The van der Waals surface area contributed by atoms with Crippen molar-refractivity contribution in [3.05, 3.63) is 28.4 Å². The first-order valence-corrected chi connectivity index (χ1v) is 9.36. The Morgan fingerprint density at radius 1 is 1.29 bits per heavy atom. The predicted octanol–water partition coefficient (Wildman–Crippen LogP) is 3.32. The Hall–Kier alpha value is -2.02. The summed E-state index contributed by atoms with van der Waals surface area (Å²) in [6, 6.07) is 0.378. The lowest BCUT2D eigenvalue weighted by Crippen LogP contribution is -2.13. The molecule has 0 aromatic carbocycles. The van der Waals surface area contributed by atoms with Crippen molar-refractivity contribution in [2.75, 3.05) is 11.9 Å². The van der Waals surface area contributed by atoms with E-state index in [1.165, 1.54) is 28.7 Å². The molecule has 3 heterocycles. The summed E-state index contributed by atoms with van der Waals surface area (Å²) in [4.78, 5) is 11.9. The second kappa shape index (κ2) is 6.12. The highest BCUT2D eigenvalue weighted by atomic mass is 32.1. The van der Waals surface area contributed by atoms with Gasteiger partial charge in [0.1, 0.15) is 28.6 Å². The molecular formula is C17H22N6S. The minimum Gasteiger partial charge on any atom is -0.369 e. The Morgan fingerprint density at radius 3 is 3.00 bits per heavy atom. The lowest BCUT2D eigenvalue weighted by molar-refractivity contribution is 0.568. The molecule has 0 bridgehead atoms. The molecule has 0 fully saturated rings. The highest BCUT2D eigenvalue weighted by Crippen LogP contribution is 2.39. The van der Waals surface area contributed by atoms with Gasteiger partial charge in [0, 0.05) is 23.9 Å². The number of nitrogens with one attached hydrogen (secondary N) is 1. The molecule has 7 heteroatoms. The summed E-state index contributed by atoms with van der Waals surface area (Å²) >= 11 is 1.83. The van der Waals surface area contributed by atoms with Crippen LogP contribution in [0.25, 0.3) is 10.2 Å². The minimum absolute atomic E-state index is 0.378. The number of fused-ring (bicyclic) bond motifs is 3. The van der Waals surface area contributed by atoms with Crippen LogP contribution in [-0.2, 0) is 19.3 Å². The van der Waals surface area contributed by atoms with Gasteiger partial charge in [-0.15, -0.1) is 21.5 Å². The summed E-state index contributed by atoms with van der Waals surface area (Å²) in [5, 5.41) is 13.0. The van der Waals surface area contributed by atoms with Gasteiger partial charge in [0.05, 0.1) is 5.39 Å². The second-order valence-corrected chi connectivity index (χ2v) is 7.67. The average Bonchev–Trinajstić information content (AvgIpc) is 3.21. The zero-order valence-electron chi connectivity index (χ0n) is 14.3. The molecule has 1 aliphatic rings. The predicted molar refractivity (Wildman–Crippen MR) is 96.8 cm³/mol. The molecule has 0 atom stereocenters. The Labute approximate surface area is 145 Å². The Balaban J connectivity index is 1.57. The maximum absolute atomic E-state index is 4.67. The first kappa shape index (κ1) is 15.5. The van der Waals surface area contributed by atoms with Gasteiger partial charge in [-0.25, -0.2) is 9.97 Å². The van der Waals surface area contributed by atoms with Crippen LogP contribution in [0.5, 0.6) is 0 Å². The molecule has 0 radical (unpaired) electrons. The van der Waals surface area contributed by atoms with Gasteiger partial charge in [0.25, 0.3) is 0 Å². The average molecular weight is 342 g/mol. The molecular weight excluding hydrogens is 320 g/mol. The van der Waals surface area contributed by atoms with E-state index in [0.717, 1.165) is 41.7 Å². The van der Waals surface area contributed by atoms with Crippen LogP contribution < -0.4 is 5.32 Å². The fourth-order valence-corrected chi connectivity index (χ4v) is 4.71. The zero-order valence-corrected chi connectivity index (χ0v) is 15.2. The van der Waals surface area contributed by atoms with Gasteiger partial charge >= 0.3 is 0 Å². The van der Waals surface area contributed by atoms with Gasteiger partial charge in [-0.2, -0.15) is 0 Å². The smallest absolute Gasteiger partial charge is 0.138 e. The summed E-state index contributed by atoms with van der Waals surface area (Å²) in [5.74, 6) is 2.82. The molecule has 3 aromatic rings. The van der Waals surface area contributed by atoms with E-state index in [1.807, 2.05) is 18.3 Å². The molecule has 4 rings (SSSR count). The molecule has 0 saturated carbocycles. The van der Waals surface area contributed by atoms with E-state index in [4.69, 9.17) is 0 Å². The molecule has 6 nitrogen and oxygen atoms in total. The van der Waals surface area contributed by atoms with Gasteiger partial charge in [0.2, 0.25) is 0 Å². The third kappa shape index (κ3) is 2.66. The van der Waals surface area contributed by atoms with Crippen LogP contribution in [-0.4, -0.2) is 31.3 Å². The summed E-state index contributed by atoms with van der Waals surface area (Å²) in [6.07, 6.45) is 6.22. The molecule has 0 unspecified atom stereocenters. The molecule has 0 amide bonds. The topological polar surface area (TPSA) is 68.5 Å². The van der Waals surface area contributed by atoms with Gasteiger partial charge in [-0.3, -0.25) is 0 Å². The number of thiophene rings is 1. The third-order valence-electron chi connectivity index (χ3n) is 4.52. The van der Waals surface area contributed by atoms with Crippen molar-refractivity contribution in [1.29, 1.82) is 0 Å². The van der Waals surface area contributed by atoms with E-state index < -0.39 is 0 Å².